The number of rotatable bonds is 3. The van der Waals surface area contributed by atoms with Crippen molar-refractivity contribution in [3.63, 3.8) is 0 Å². The molecule has 4 heteroatoms. The molecule has 0 aromatic heterocycles. The average Bonchev–Trinajstić information content (AvgIpc) is 3.19. The zero-order chi connectivity index (χ0) is 13.2. The summed E-state index contributed by atoms with van der Waals surface area (Å²) in [6.07, 6.45) is 7.11. The van der Waals surface area contributed by atoms with Crippen molar-refractivity contribution >= 4 is 5.97 Å². The van der Waals surface area contributed by atoms with Crippen molar-refractivity contribution in [3.05, 3.63) is 0 Å². The molecule has 0 spiro atoms. The minimum absolute atomic E-state index is 0.00762. The predicted octanol–water partition coefficient (Wildman–Crippen LogP) is 2.30. The van der Waals surface area contributed by atoms with Crippen LogP contribution in [0.1, 0.15) is 45.4 Å². The van der Waals surface area contributed by atoms with E-state index in [-0.39, 0.29) is 11.9 Å². The van der Waals surface area contributed by atoms with Gasteiger partial charge in [-0.2, -0.15) is 0 Å². The van der Waals surface area contributed by atoms with Gasteiger partial charge in [-0.1, -0.05) is 0 Å². The van der Waals surface area contributed by atoms with Crippen LogP contribution in [0.3, 0.4) is 0 Å². The van der Waals surface area contributed by atoms with E-state index in [1.165, 1.54) is 0 Å². The highest BCUT2D eigenvalue weighted by atomic mass is 16.6. The maximum Gasteiger partial charge on any atom is 0.309 e. The first-order valence-electron chi connectivity index (χ1n) is 7.66. The van der Waals surface area contributed by atoms with Crippen LogP contribution in [0.15, 0.2) is 0 Å². The van der Waals surface area contributed by atoms with Crippen LogP contribution in [0.2, 0.25) is 0 Å². The largest absolute Gasteiger partial charge is 0.465 e. The molecule has 0 N–H and O–H groups in total. The van der Waals surface area contributed by atoms with Crippen molar-refractivity contribution in [2.75, 3.05) is 13.2 Å². The van der Waals surface area contributed by atoms with Crippen LogP contribution in [-0.4, -0.2) is 37.5 Å². The number of ether oxygens (including phenoxy) is 3. The average molecular weight is 268 g/mol. The molecule has 108 valence electrons. The number of hydrogen-bond acceptors (Lipinski definition) is 4. The van der Waals surface area contributed by atoms with Crippen LogP contribution in [0.5, 0.6) is 0 Å². The highest BCUT2D eigenvalue weighted by Crippen LogP contribution is 2.39. The van der Waals surface area contributed by atoms with Crippen LogP contribution < -0.4 is 0 Å². The fourth-order valence-electron chi connectivity index (χ4n) is 3.40. The van der Waals surface area contributed by atoms with Gasteiger partial charge in [-0.05, 0) is 51.4 Å². The number of carbonyl (C=O) groups excluding carboxylic acids is 1. The quantitative estimate of drug-likeness (QED) is 0.582. The van der Waals surface area contributed by atoms with Crippen molar-refractivity contribution < 1.29 is 19.0 Å². The molecule has 0 amide bonds. The van der Waals surface area contributed by atoms with Crippen molar-refractivity contribution in [2.45, 2.75) is 63.8 Å². The van der Waals surface area contributed by atoms with Gasteiger partial charge in [0.2, 0.25) is 0 Å². The maximum atomic E-state index is 12.1. The Hall–Kier alpha value is -0.610. The van der Waals surface area contributed by atoms with Crippen LogP contribution in [0, 0.1) is 11.8 Å². The van der Waals surface area contributed by atoms with E-state index in [1.54, 1.807) is 0 Å². The first-order valence-corrected chi connectivity index (χ1v) is 7.66. The topological polar surface area (TPSA) is 48.1 Å². The minimum atomic E-state index is -0.00762. The summed E-state index contributed by atoms with van der Waals surface area (Å²) in [4.78, 5) is 12.1. The zero-order valence-corrected chi connectivity index (χ0v) is 11.7. The van der Waals surface area contributed by atoms with Crippen molar-refractivity contribution in [1.29, 1.82) is 0 Å². The minimum Gasteiger partial charge on any atom is -0.465 e. The molecule has 2 saturated heterocycles. The monoisotopic (exact) mass is 268 g/mol. The van der Waals surface area contributed by atoms with Crippen molar-refractivity contribution in [3.8, 4) is 0 Å². The van der Waals surface area contributed by atoms with E-state index in [1.807, 2.05) is 0 Å². The summed E-state index contributed by atoms with van der Waals surface area (Å²) in [5.74, 6) is 0.532. The molecule has 0 aromatic carbocycles. The molecule has 0 bridgehead atoms. The van der Waals surface area contributed by atoms with Crippen molar-refractivity contribution in [1.82, 2.24) is 0 Å². The van der Waals surface area contributed by atoms with Crippen LogP contribution in [-0.2, 0) is 19.0 Å². The molecule has 1 aliphatic carbocycles. The summed E-state index contributed by atoms with van der Waals surface area (Å²) in [6, 6.07) is 0. The molecule has 5 unspecified atom stereocenters. The van der Waals surface area contributed by atoms with Crippen LogP contribution in [0.25, 0.3) is 0 Å². The molecule has 0 aromatic rings. The molecule has 0 radical (unpaired) electrons. The van der Waals surface area contributed by atoms with Gasteiger partial charge in [0.05, 0.1) is 30.8 Å². The molecule has 2 aliphatic heterocycles. The van der Waals surface area contributed by atoms with Crippen LogP contribution in [0.4, 0.5) is 0 Å². The molecule has 4 nitrogen and oxygen atoms in total. The summed E-state index contributed by atoms with van der Waals surface area (Å²) in [7, 11) is 0. The van der Waals surface area contributed by atoms with E-state index in [4.69, 9.17) is 14.2 Å². The molecular formula is C15H24O4. The molecule has 5 atom stereocenters. The van der Waals surface area contributed by atoms with Gasteiger partial charge in [-0.15, -0.1) is 0 Å². The first kappa shape index (κ1) is 13.4. The van der Waals surface area contributed by atoms with Gasteiger partial charge in [0.1, 0.15) is 0 Å². The Morgan fingerprint density at radius 3 is 2.95 bits per heavy atom. The molecule has 19 heavy (non-hydrogen) atoms. The molecule has 2 heterocycles. The molecule has 3 fully saturated rings. The SMILES string of the molecule is CC1CC(COC(=O)C2CCC3OC3C2)CCCO1. The molecule has 3 rings (SSSR count). The lowest BCUT2D eigenvalue weighted by molar-refractivity contribution is -0.151. The normalized spacial score (nSPS) is 42.1. The number of hydrogen-bond donors (Lipinski definition) is 0. The second-order valence-corrected chi connectivity index (χ2v) is 6.28. The molecular weight excluding hydrogens is 244 g/mol. The van der Waals surface area contributed by atoms with Gasteiger partial charge in [-0.25, -0.2) is 0 Å². The summed E-state index contributed by atoms with van der Waals surface area (Å²) in [5, 5.41) is 0. The standard InChI is InChI=1S/C15H24O4/c1-10-7-11(3-2-6-17-10)9-18-15(16)12-4-5-13-14(8-12)19-13/h10-14H,2-9H2,1H3. The second kappa shape index (κ2) is 5.80. The highest BCUT2D eigenvalue weighted by molar-refractivity contribution is 5.72. The fraction of sp³-hybridized carbons (Fsp3) is 0.933. The Balaban J connectivity index is 1.41. The van der Waals surface area contributed by atoms with E-state index in [2.05, 4.69) is 6.92 Å². The van der Waals surface area contributed by atoms with E-state index in [0.29, 0.717) is 30.8 Å². The lowest BCUT2D eigenvalue weighted by Gasteiger charge is -2.20. The highest BCUT2D eigenvalue weighted by Gasteiger charge is 2.46. The molecule has 1 saturated carbocycles. The van der Waals surface area contributed by atoms with E-state index >= 15 is 0 Å². The van der Waals surface area contributed by atoms with Gasteiger partial charge < -0.3 is 14.2 Å². The lowest BCUT2D eigenvalue weighted by atomic mass is 9.89. The van der Waals surface area contributed by atoms with Gasteiger partial charge in [0.25, 0.3) is 0 Å². The Morgan fingerprint density at radius 1 is 1.21 bits per heavy atom. The summed E-state index contributed by atoms with van der Waals surface area (Å²) < 4.78 is 16.6. The summed E-state index contributed by atoms with van der Waals surface area (Å²) in [5.41, 5.74) is 0. The maximum absolute atomic E-state index is 12.1. The predicted molar refractivity (Wildman–Crippen MR) is 69.7 cm³/mol. The van der Waals surface area contributed by atoms with Crippen molar-refractivity contribution in [2.24, 2.45) is 11.8 Å². The summed E-state index contributed by atoms with van der Waals surface area (Å²) in [6.45, 7) is 3.51. The smallest absolute Gasteiger partial charge is 0.309 e. The van der Waals surface area contributed by atoms with Gasteiger partial charge in [0.15, 0.2) is 0 Å². The lowest BCUT2D eigenvalue weighted by Crippen LogP contribution is -2.26. The third-order valence-electron chi connectivity index (χ3n) is 4.62. The van der Waals surface area contributed by atoms with E-state index in [0.717, 1.165) is 45.1 Å². The summed E-state index contributed by atoms with van der Waals surface area (Å²) >= 11 is 0. The zero-order valence-electron chi connectivity index (χ0n) is 11.7. The number of esters is 1. The Labute approximate surface area is 114 Å². The Bertz CT molecular complexity index is 330. The third kappa shape index (κ3) is 3.48. The van der Waals surface area contributed by atoms with Gasteiger partial charge >= 0.3 is 5.97 Å². The Morgan fingerprint density at radius 2 is 2.11 bits per heavy atom. The number of fused-ring (bicyclic) bond motifs is 1. The fourth-order valence-corrected chi connectivity index (χ4v) is 3.40. The van der Waals surface area contributed by atoms with E-state index < -0.39 is 0 Å². The number of epoxide rings is 1. The molecule has 3 aliphatic rings. The third-order valence-corrected chi connectivity index (χ3v) is 4.62. The van der Waals surface area contributed by atoms with E-state index in [9.17, 15) is 4.79 Å². The first-order chi connectivity index (χ1) is 9.22. The number of carbonyl (C=O) groups is 1. The Kier molecular flexibility index (Phi) is 4.08. The van der Waals surface area contributed by atoms with Crippen LogP contribution >= 0.6 is 0 Å². The van der Waals surface area contributed by atoms with Gasteiger partial charge in [-0.3, -0.25) is 4.79 Å². The van der Waals surface area contributed by atoms with Gasteiger partial charge in [0, 0.05) is 6.61 Å². The second-order valence-electron chi connectivity index (χ2n) is 6.28.